The van der Waals surface area contributed by atoms with Gasteiger partial charge in [-0.05, 0) is 36.8 Å². The third-order valence-corrected chi connectivity index (χ3v) is 2.43. The summed E-state index contributed by atoms with van der Waals surface area (Å²) in [6.07, 6.45) is 0. The van der Waals surface area contributed by atoms with Crippen LogP contribution >= 0.6 is 0 Å². The van der Waals surface area contributed by atoms with E-state index in [2.05, 4.69) is 10.3 Å². The summed E-state index contributed by atoms with van der Waals surface area (Å²) < 4.78 is 39.4. The number of anilines is 1. The van der Waals surface area contributed by atoms with Gasteiger partial charge in [0.1, 0.15) is 5.82 Å². The zero-order chi connectivity index (χ0) is 14.0. The van der Waals surface area contributed by atoms with E-state index >= 15 is 0 Å². The fourth-order valence-electron chi connectivity index (χ4n) is 1.50. The molecule has 98 valence electrons. The average Bonchev–Trinajstić information content (AvgIpc) is 2.32. The highest BCUT2D eigenvalue weighted by atomic mass is 19.1. The lowest BCUT2D eigenvalue weighted by Gasteiger charge is -2.07. The van der Waals surface area contributed by atoms with E-state index in [4.69, 9.17) is 0 Å². The van der Waals surface area contributed by atoms with Gasteiger partial charge < -0.3 is 5.32 Å². The normalized spacial score (nSPS) is 10.3. The van der Waals surface area contributed by atoms with Crippen molar-refractivity contribution >= 4 is 11.6 Å². The molecule has 6 heteroatoms. The van der Waals surface area contributed by atoms with Gasteiger partial charge in [-0.3, -0.25) is 4.79 Å². The van der Waals surface area contributed by atoms with E-state index in [0.717, 1.165) is 12.1 Å². The van der Waals surface area contributed by atoms with Crippen LogP contribution in [0.1, 0.15) is 15.9 Å². The molecule has 0 bridgehead atoms. The first-order valence-electron chi connectivity index (χ1n) is 5.37. The van der Waals surface area contributed by atoms with Gasteiger partial charge in [0.05, 0.1) is 11.3 Å². The number of carbonyl (C=O) groups is 1. The molecule has 2 rings (SSSR count). The molecule has 0 aliphatic rings. The molecule has 1 aromatic carbocycles. The van der Waals surface area contributed by atoms with Crippen LogP contribution in [-0.4, -0.2) is 10.9 Å². The molecule has 0 aliphatic carbocycles. The van der Waals surface area contributed by atoms with Crippen LogP contribution in [0, 0.1) is 24.6 Å². The quantitative estimate of drug-likeness (QED) is 0.849. The Kier molecular flexibility index (Phi) is 3.50. The minimum Gasteiger partial charge on any atom is -0.318 e. The van der Waals surface area contributed by atoms with E-state index in [1.54, 1.807) is 13.0 Å². The number of aromatic nitrogens is 1. The van der Waals surface area contributed by atoms with E-state index in [9.17, 15) is 18.0 Å². The number of nitrogens with one attached hydrogen (secondary N) is 1. The molecule has 0 atom stereocenters. The first-order valence-corrected chi connectivity index (χ1v) is 5.37. The molecule has 0 spiro atoms. The molecule has 1 amide bonds. The van der Waals surface area contributed by atoms with Gasteiger partial charge in [-0.15, -0.1) is 0 Å². The molecule has 3 nitrogen and oxygen atoms in total. The van der Waals surface area contributed by atoms with Gasteiger partial charge in [-0.1, -0.05) is 6.07 Å². The lowest BCUT2D eigenvalue weighted by molar-refractivity contribution is 0.102. The molecule has 0 saturated heterocycles. The summed E-state index contributed by atoms with van der Waals surface area (Å²) in [5.74, 6) is -3.71. The Morgan fingerprint density at radius 2 is 1.89 bits per heavy atom. The van der Waals surface area contributed by atoms with E-state index in [0.29, 0.717) is 5.56 Å². The fourth-order valence-corrected chi connectivity index (χ4v) is 1.50. The summed E-state index contributed by atoms with van der Waals surface area (Å²) in [5, 5.41) is 2.13. The van der Waals surface area contributed by atoms with Crippen LogP contribution in [0.15, 0.2) is 30.3 Å². The summed E-state index contributed by atoms with van der Waals surface area (Å²) in [6, 6.07) is 5.94. The first kappa shape index (κ1) is 13.1. The number of rotatable bonds is 2. The molecule has 1 heterocycles. The van der Waals surface area contributed by atoms with Crippen molar-refractivity contribution in [3.05, 3.63) is 59.2 Å². The number of nitrogens with zero attached hydrogens (tertiary/aromatic N) is 1. The minimum absolute atomic E-state index is 0.227. The second-order valence-corrected chi connectivity index (χ2v) is 3.91. The number of hydrogen-bond donors (Lipinski definition) is 1. The van der Waals surface area contributed by atoms with E-state index in [-0.39, 0.29) is 11.3 Å². The van der Waals surface area contributed by atoms with Crippen LogP contribution < -0.4 is 5.32 Å². The highest BCUT2D eigenvalue weighted by Crippen LogP contribution is 2.15. The largest absolute Gasteiger partial charge is 0.318 e. The van der Waals surface area contributed by atoms with Crippen molar-refractivity contribution in [2.75, 3.05) is 5.32 Å². The molecular formula is C13H9F3N2O. The van der Waals surface area contributed by atoms with Crippen LogP contribution in [0.5, 0.6) is 0 Å². The highest BCUT2D eigenvalue weighted by Gasteiger charge is 2.14. The third-order valence-electron chi connectivity index (χ3n) is 2.43. The predicted octanol–water partition coefficient (Wildman–Crippen LogP) is 3.06. The number of carbonyl (C=O) groups excluding carboxylic acids is 1. The van der Waals surface area contributed by atoms with Crippen molar-refractivity contribution in [2.45, 2.75) is 6.92 Å². The molecular weight excluding hydrogens is 257 g/mol. The van der Waals surface area contributed by atoms with Gasteiger partial charge in [0.2, 0.25) is 11.9 Å². The third kappa shape index (κ3) is 2.90. The van der Waals surface area contributed by atoms with Crippen molar-refractivity contribution < 1.29 is 18.0 Å². The Morgan fingerprint density at radius 1 is 1.16 bits per heavy atom. The molecule has 0 unspecified atom stereocenters. The summed E-state index contributed by atoms with van der Waals surface area (Å²) in [7, 11) is 0. The van der Waals surface area contributed by atoms with Gasteiger partial charge in [0.25, 0.3) is 5.91 Å². The maximum atomic E-state index is 13.5. The topological polar surface area (TPSA) is 42.0 Å². The molecule has 2 aromatic rings. The number of benzene rings is 1. The number of hydrogen-bond acceptors (Lipinski definition) is 2. The zero-order valence-electron chi connectivity index (χ0n) is 9.88. The van der Waals surface area contributed by atoms with E-state index in [1.165, 1.54) is 12.1 Å². The second kappa shape index (κ2) is 5.09. The Labute approximate surface area is 107 Å². The van der Waals surface area contributed by atoms with Gasteiger partial charge in [0, 0.05) is 0 Å². The highest BCUT2D eigenvalue weighted by molar-refractivity contribution is 6.04. The monoisotopic (exact) mass is 266 g/mol. The van der Waals surface area contributed by atoms with E-state index < -0.39 is 23.6 Å². The van der Waals surface area contributed by atoms with Crippen LogP contribution in [0.25, 0.3) is 0 Å². The number of amides is 1. The smallest absolute Gasteiger partial charge is 0.258 e. The fraction of sp³-hybridized carbons (Fsp3) is 0.0769. The van der Waals surface area contributed by atoms with Crippen LogP contribution in [0.4, 0.5) is 18.9 Å². The standard InChI is InChI=1S/C13H9F3N2O/c1-7-2-3-8(9(14)6-7)13(19)17-10-4-5-11(15)18-12(10)16/h2-6H,1H3,(H,17,19). The second-order valence-electron chi connectivity index (χ2n) is 3.91. The Morgan fingerprint density at radius 3 is 2.53 bits per heavy atom. The molecule has 1 N–H and O–H groups in total. The molecule has 0 radical (unpaired) electrons. The van der Waals surface area contributed by atoms with Crippen molar-refractivity contribution in [1.29, 1.82) is 0 Å². The van der Waals surface area contributed by atoms with Crippen molar-refractivity contribution in [1.82, 2.24) is 4.98 Å². The summed E-state index contributed by atoms with van der Waals surface area (Å²) in [6.45, 7) is 1.67. The van der Waals surface area contributed by atoms with Crippen molar-refractivity contribution in [2.24, 2.45) is 0 Å². The lowest BCUT2D eigenvalue weighted by Crippen LogP contribution is -2.15. The maximum Gasteiger partial charge on any atom is 0.258 e. The van der Waals surface area contributed by atoms with Gasteiger partial charge >= 0.3 is 0 Å². The van der Waals surface area contributed by atoms with Gasteiger partial charge in [-0.2, -0.15) is 13.8 Å². The first-order chi connectivity index (χ1) is 8.97. The van der Waals surface area contributed by atoms with E-state index in [1.807, 2.05) is 0 Å². The summed E-state index contributed by atoms with van der Waals surface area (Å²) in [4.78, 5) is 14.7. The Balaban J connectivity index is 2.25. The number of pyridine rings is 1. The summed E-state index contributed by atoms with van der Waals surface area (Å²) in [5.41, 5.74) is 0.115. The Bertz CT molecular complexity index is 644. The average molecular weight is 266 g/mol. The van der Waals surface area contributed by atoms with Gasteiger partial charge in [-0.25, -0.2) is 4.39 Å². The van der Waals surface area contributed by atoms with Crippen molar-refractivity contribution in [3.63, 3.8) is 0 Å². The maximum absolute atomic E-state index is 13.5. The molecule has 19 heavy (non-hydrogen) atoms. The molecule has 0 saturated carbocycles. The van der Waals surface area contributed by atoms with Gasteiger partial charge in [0.15, 0.2) is 0 Å². The Hall–Kier alpha value is -2.37. The van der Waals surface area contributed by atoms with Crippen molar-refractivity contribution in [3.8, 4) is 0 Å². The molecule has 1 aromatic heterocycles. The SMILES string of the molecule is Cc1ccc(C(=O)Nc2ccc(F)nc2F)c(F)c1. The van der Waals surface area contributed by atoms with Crippen LogP contribution in [0.3, 0.4) is 0 Å². The summed E-state index contributed by atoms with van der Waals surface area (Å²) >= 11 is 0. The molecule has 0 fully saturated rings. The molecule has 0 aliphatic heterocycles. The minimum atomic E-state index is -1.17. The number of aryl methyl sites for hydroxylation is 1. The van der Waals surface area contributed by atoms with Crippen LogP contribution in [0.2, 0.25) is 0 Å². The van der Waals surface area contributed by atoms with Crippen LogP contribution in [-0.2, 0) is 0 Å². The number of halogens is 3. The zero-order valence-corrected chi connectivity index (χ0v) is 9.88. The predicted molar refractivity (Wildman–Crippen MR) is 63.2 cm³/mol. The lowest BCUT2D eigenvalue weighted by atomic mass is 10.1.